The van der Waals surface area contributed by atoms with Gasteiger partial charge in [0.15, 0.2) is 5.82 Å². The van der Waals surface area contributed by atoms with Crippen LogP contribution in [0.2, 0.25) is 0 Å². The van der Waals surface area contributed by atoms with Gasteiger partial charge in [-0.15, -0.1) is 11.8 Å². The molecule has 0 fully saturated rings. The van der Waals surface area contributed by atoms with Crippen molar-refractivity contribution < 1.29 is 9.53 Å². The maximum atomic E-state index is 11.9. The molecule has 0 bridgehead atoms. The van der Waals surface area contributed by atoms with Crippen molar-refractivity contribution in [1.29, 1.82) is 0 Å². The van der Waals surface area contributed by atoms with E-state index in [9.17, 15) is 4.79 Å². The molecule has 1 aliphatic rings. The SMILES string of the molecule is Cc1ccc(COc2ccc(C3SCC(=O)Nc4n[nH]c(C)c43)cc2)cc1. The lowest BCUT2D eigenvalue weighted by Gasteiger charge is -2.16. The predicted molar refractivity (Wildman–Crippen MR) is 108 cm³/mol. The standard InChI is InChI=1S/C21H21N3O2S/c1-13-3-5-15(6-4-13)11-26-17-9-7-16(8-10-17)20-19-14(2)23-24-21(19)22-18(25)12-27-20/h3-10,20H,11-12H2,1-2H3,(H2,22,23,24,25). The Morgan fingerprint density at radius 1 is 1.11 bits per heavy atom. The molecule has 6 heteroatoms. The molecule has 0 aliphatic carbocycles. The molecule has 2 heterocycles. The van der Waals surface area contributed by atoms with Crippen molar-refractivity contribution in [2.75, 3.05) is 11.1 Å². The highest BCUT2D eigenvalue weighted by Gasteiger charge is 2.28. The highest BCUT2D eigenvalue weighted by Crippen LogP contribution is 2.42. The fourth-order valence-corrected chi connectivity index (χ4v) is 4.31. The van der Waals surface area contributed by atoms with Crippen molar-refractivity contribution in [2.24, 2.45) is 0 Å². The van der Waals surface area contributed by atoms with E-state index >= 15 is 0 Å². The second-order valence-corrected chi connectivity index (χ2v) is 7.79. The van der Waals surface area contributed by atoms with Gasteiger partial charge in [0.25, 0.3) is 0 Å². The molecule has 1 aliphatic heterocycles. The zero-order valence-electron chi connectivity index (χ0n) is 15.3. The molecule has 5 nitrogen and oxygen atoms in total. The fraction of sp³-hybridized carbons (Fsp3) is 0.238. The van der Waals surface area contributed by atoms with Gasteiger partial charge in [-0.2, -0.15) is 5.10 Å². The van der Waals surface area contributed by atoms with Gasteiger partial charge in [-0.05, 0) is 37.1 Å². The van der Waals surface area contributed by atoms with Gasteiger partial charge in [0.05, 0.1) is 11.0 Å². The second kappa shape index (κ2) is 7.48. The number of nitrogens with zero attached hydrogens (tertiary/aromatic N) is 1. The molecular weight excluding hydrogens is 358 g/mol. The number of hydrogen-bond acceptors (Lipinski definition) is 4. The zero-order valence-corrected chi connectivity index (χ0v) is 16.1. The molecule has 0 saturated heterocycles. The minimum atomic E-state index is -0.0201. The van der Waals surface area contributed by atoms with Gasteiger partial charge in [-0.1, -0.05) is 42.0 Å². The van der Waals surface area contributed by atoms with Crippen LogP contribution in [-0.2, 0) is 11.4 Å². The molecule has 1 atom stereocenters. The first-order valence-electron chi connectivity index (χ1n) is 8.85. The van der Waals surface area contributed by atoms with Crippen molar-refractivity contribution in [3.63, 3.8) is 0 Å². The highest BCUT2D eigenvalue weighted by molar-refractivity contribution is 8.00. The molecular formula is C21H21N3O2S. The molecule has 4 rings (SSSR count). The molecule has 0 radical (unpaired) electrons. The third-order valence-electron chi connectivity index (χ3n) is 4.60. The molecule has 138 valence electrons. The van der Waals surface area contributed by atoms with Crippen LogP contribution < -0.4 is 10.1 Å². The van der Waals surface area contributed by atoms with Crippen molar-refractivity contribution >= 4 is 23.5 Å². The average molecular weight is 379 g/mol. The number of aryl methyl sites for hydroxylation is 2. The van der Waals surface area contributed by atoms with Crippen LogP contribution in [0.5, 0.6) is 5.75 Å². The number of thioether (sulfide) groups is 1. The molecule has 2 aromatic carbocycles. The van der Waals surface area contributed by atoms with E-state index in [0.29, 0.717) is 18.2 Å². The Balaban J connectivity index is 1.51. The van der Waals surface area contributed by atoms with Gasteiger partial charge in [-0.25, -0.2) is 0 Å². The predicted octanol–water partition coefficient (Wildman–Crippen LogP) is 4.38. The summed E-state index contributed by atoms with van der Waals surface area (Å²) in [6.07, 6.45) is 0. The van der Waals surface area contributed by atoms with E-state index in [1.165, 1.54) is 5.56 Å². The van der Waals surface area contributed by atoms with E-state index < -0.39 is 0 Å². The topological polar surface area (TPSA) is 67.0 Å². The smallest absolute Gasteiger partial charge is 0.235 e. The van der Waals surface area contributed by atoms with E-state index in [0.717, 1.165) is 28.1 Å². The first kappa shape index (κ1) is 17.7. The summed E-state index contributed by atoms with van der Waals surface area (Å²) in [5, 5.41) is 10.1. The van der Waals surface area contributed by atoms with Crippen LogP contribution in [0, 0.1) is 13.8 Å². The highest BCUT2D eigenvalue weighted by atomic mass is 32.2. The van der Waals surface area contributed by atoms with Crippen LogP contribution in [0.3, 0.4) is 0 Å². The monoisotopic (exact) mass is 379 g/mol. The third-order valence-corrected chi connectivity index (χ3v) is 5.87. The van der Waals surface area contributed by atoms with E-state index in [2.05, 4.69) is 58.8 Å². The number of ether oxygens (including phenoxy) is 1. The second-order valence-electron chi connectivity index (χ2n) is 6.69. The lowest BCUT2D eigenvalue weighted by Crippen LogP contribution is -2.12. The molecule has 0 saturated carbocycles. The minimum Gasteiger partial charge on any atom is -0.489 e. The number of amides is 1. The first-order valence-corrected chi connectivity index (χ1v) is 9.89. The number of carbonyl (C=O) groups excluding carboxylic acids is 1. The van der Waals surface area contributed by atoms with E-state index in [4.69, 9.17) is 4.74 Å². The molecule has 1 aromatic heterocycles. The quantitative estimate of drug-likeness (QED) is 0.706. The van der Waals surface area contributed by atoms with Gasteiger partial charge >= 0.3 is 0 Å². The molecule has 0 spiro atoms. The summed E-state index contributed by atoms with van der Waals surface area (Å²) in [4.78, 5) is 11.9. The number of aromatic amines is 1. The molecule has 27 heavy (non-hydrogen) atoms. The number of rotatable bonds is 4. The molecule has 2 N–H and O–H groups in total. The number of benzene rings is 2. The number of carbonyl (C=O) groups is 1. The normalized spacial score (nSPS) is 16.4. The van der Waals surface area contributed by atoms with E-state index in [1.807, 2.05) is 19.1 Å². The van der Waals surface area contributed by atoms with Gasteiger partial charge in [0.2, 0.25) is 5.91 Å². The fourth-order valence-electron chi connectivity index (χ4n) is 3.12. The lowest BCUT2D eigenvalue weighted by atomic mass is 10.0. The van der Waals surface area contributed by atoms with E-state index in [1.54, 1.807) is 11.8 Å². The number of fused-ring (bicyclic) bond motifs is 1. The number of nitrogens with one attached hydrogen (secondary N) is 2. The first-order chi connectivity index (χ1) is 13.1. The summed E-state index contributed by atoms with van der Waals surface area (Å²) in [6.45, 7) is 4.60. The van der Waals surface area contributed by atoms with Gasteiger partial charge in [0, 0.05) is 11.3 Å². The molecule has 1 unspecified atom stereocenters. The van der Waals surface area contributed by atoms with Crippen molar-refractivity contribution in [1.82, 2.24) is 10.2 Å². The van der Waals surface area contributed by atoms with Crippen molar-refractivity contribution in [2.45, 2.75) is 25.7 Å². The Morgan fingerprint density at radius 3 is 2.59 bits per heavy atom. The van der Waals surface area contributed by atoms with E-state index in [-0.39, 0.29) is 11.2 Å². The number of aromatic nitrogens is 2. The summed E-state index contributed by atoms with van der Waals surface area (Å²) < 4.78 is 5.90. The third kappa shape index (κ3) is 3.85. The van der Waals surface area contributed by atoms with Gasteiger partial charge in [0.1, 0.15) is 12.4 Å². The average Bonchev–Trinajstić information content (AvgIpc) is 2.93. The summed E-state index contributed by atoms with van der Waals surface area (Å²) in [5.74, 6) is 1.85. The van der Waals surface area contributed by atoms with Gasteiger partial charge in [-0.3, -0.25) is 9.89 Å². The maximum Gasteiger partial charge on any atom is 0.235 e. The van der Waals surface area contributed by atoms with Crippen molar-refractivity contribution in [3.05, 3.63) is 76.5 Å². The van der Waals surface area contributed by atoms with Crippen LogP contribution in [0.1, 0.15) is 33.2 Å². The Labute approximate surface area is 162 Å². The largest absolute Gasteiger partial charge is 0.489 e. The van der Waals surface area contributed by atoms with Crippen LogP contribution in [0.4, 0.5) is 5.82 Å². The Hall–Kier alpha value is -2.73. The number of hydrogen-bond donors (Lipinski definition) is 2. The minimum absolute atomic E-state index is 0.0201. The summed E-state index contributed by atoms with van der Waals surface area (Å²) in [7, 11) is 0. The van der Waals surface area contributed by atoms with Crippen LogP contribution >= 0.6 is 11.8 Å². The molecule has 3 aromatic rings. The number of anilines is 1. The number of H-pyrrole nitrogens is 1. The Kier molecular flexibility index (Phi) is 4.90. The lowest BCUT2D eigenvalue weighted by molar-refractivity contribution is -0.113. The summed E-state index contributed by atoms with van der Waals surface area (Å²) in [5.41, 5.74) is 5.53. The van der Waals surface area contributed by atoms with Crippen molar-refractivity contribution in [3.8, 4) is 5.75 Å². The van der Waals surface area contributed by atoms with Gasteiger partial charge < -0.3 is 10.1 Å². The Morgan fingerprint density at radius 2 is 1.85 bits per heavy atom. The van der Waals surface area contributed by atoms with Crippen LogP contribution in [0.25, 0.3) is 0 Å². The molecule has 1 amide bonds. The van der Waals surface area contributed by atoms with Crippen LogP contribution in [-0.4, -0.2) is 21.9 Å². The zero-order chi connectivity index (χ0) is 18.8. The Bertz CT molecular complexity index is 949. The van der Waals surface area contributed by atoms with Crippen LogP contribution in [0.15, 0.2) is 48.5 Å². The maximum absolute atomic E-state index is 11.9. The summed E-state index contributed by atoms with van der Waals surface area (Å²) >= 11 is 1.61. The summed E-state index contributed by atoms with van der Waals surface area (Å²) in [6, 6.07) is 16.4.